The quantitative estimate of drug-likeness (QED) is 0.799. The van der Waals surface area contributed by atoms with Crippen molar-refractivity contribution in [3.05, 3.63) is 59.1 Å². The number of carbonyl (C=O) groups is 1. The van der Waals surface area contributed by atoms with Crippen LogP contribution in [0.4, 0.5) is 5.69 Å². The first-order chi connectivity index (χ1) is 12.4. The SMILES string of the molecule is CCOC1c2ccccc2N(C)C(=O)CN1S(=O)(=O)c1ccc(Cl)cc1. The molecule has 6 nitrogen and oxygen atoms in total. The molecule has 26 heavy (non-hydrogen) atoms. The number of hydrogen-bond acceptors (Lipinski definition) is 4. The molecule has 0 bridgehead atoms. The van der Waals surface area contributed by atoms with Crippen molar-refractivity contribution in [2.24, 2.45) is 0 Å². The second kappa shape index (κ2) is 7.36. The van der Waals surface area contributed by atoms with Gasteiger partial charge in [0, 0.05) is 24.2 Å². The lowest BCUT2D eigenvalue weighted by Crippen LogP contribution is -2.41. The lowest BCUT2D eigenvalue weighted by molar-refractivity contribution is -0.120. The highest BCUT2D eigenvalue weighted by Gasteiger charge is 2.39. The van der Waals surface area contributed by atoms with Gasteiger partial charge in [0.1, 0.15) is 0 Å². The van der Waals surface area contributed by atoms with E-state index in [2.05, 4.69) is 0 Å². The Morgan fingerprint density at radius 1 is 1.15 bits per heavy atom. The summed E-state index contributed by atoms with van der Waals surface area (Å²) in [7, 11) is -2.34. The van der Waals surface area contributed by atoms with Gasteiger partial charge in [0.2, 0.25) is 15.9 Å². The molecule has 0 saturated heterocycles. The number of sulfonamides is 1. The Hall–Kier alpha value is -1.93. The molecule has 1 aliphatic heterocycles. The van der Waals surface area contributed by atoms with E-state index in [1.165, 1.54) is 29.2 Å². The number of para-hydroxylation sites is 1. The molecule has 0 spiro atoms. The zero-order chi connectivity index (χ0) is 18.9. The van der Waals surface area contributed by atoms with Crippen LogP contribution >= 0.6 is 11.6 Å². The molecule has 0 N–H and O–H groups in total. The van der Waals surface area contributed by atoms with E-state index < -0.39 is 16.3 Å². The summed E-state index contributed by atoms with van der Waals surface area (Å²) in [5.74, 6) is -0.336. The fourth-order valence-corrected chi connectivity index (χ4v) is 4.48. The molecule has 3 rings (SSSR count). The number of hydrogen-bond donors (Lipinski definition) is 0. The fourth-order valence-electron chi connectivity index (χ4n) is 2.90. The van der Waals surface area contributed by atoms with Crippen LogP contribution < -0.4 is 4.90 Å². The van der Waals surface area contributed by atoms with Gasteiger partial charge in [-0.05, 0) is 37.3 Å². The molecular formula is C18H19ClN2O4S. The predicted octanol–water partition coefficient (Wildman–Crippen LogP) is 3.04. The number of nitrogens with zero attached hydrogens (tertiary/aromatic N) is 2. The number of halogens is 1. The minimum atomic E-state index is -3.97. The van der Waals surface area contributed by atoms with Crippen molar-refractivity contribution in [1.29, 1.82) is 0 Å². The molecular weight excluding hydrogens is 376 g/mol. The molecule has 8 heteroatoms. The number of likely N-dealkylation sites (N-methyl/N-ethyl adjacent to an activating group) is 1. The Labute approximate surface area is 158 Å². The van der Waals surface area contributed by atoms with Gasteiger partial charge in [-0.3, -0.25) is 4.79 Å². The van der Waals surface area contributed by atoms with E-state index in [4.69, 9.17) is 16.3 Å². The van der Waals surface area contributed by atoms with Gasteiger partial charge in [-0.15, -0.1) is 0 Å². The molecule has 2 aromatic carbocycles. The molecule has 1 heterocycles. The topological polar surface area (TPSA) is 66.9 Å². The second-order valence-corrected chi connectivity index (χ2v) is 8.15. The van der Waals surface area contributed by atoms with Gasteiger partial charge >= 0.3 is 0 Å². The van der Waals surface area contributed by atoms with Crippen molar-refractivity contribution in [3.8, 4) is 0 Å². The number of anilines is 1. The van der Waals surface area contributed by atoms with Crippen molar-refractivity contribution in [2.45, 2.75) is 18.0 Å². The number of carbonyl (C=O) groups excluding carboxylic acids is 1. The largest absolute Gasteiger partial charge is 0.358 e. The first-order valence-corrected chi connectivity index (χ1v) is 9.92. The van der Waals surface area contributed by atoms with Crippen LogP contribution in [-0.4, -0.2) is 38.8 Å². The van der Waals surface area contributed by atoms with E-state index in [9.17, 15) is 13.2 Å². The fraction of sp³-hybridized carbons (Fsp3) is 0.278. The van der Waals surface area contributed by atoms with Crippen molar-refractivity contribution in [1.82, 2.24) is 4.31 Å². The Balaban J connectivity index is 2.15. The number of fused-ring (bicyclic) bond motifs is 1. The Kier molecular flexibility index (Phi) is 5.34. The van der Waals surface area contributed by atoms with Gasteiger partial charge < -0.3 is 9.64 Å². The van der Waals surface area contributed by atoms with Gasteiger partial charge in [-0.1, -0.05) is 29.8 Å². The summed E-state index contributed by atoms with van der Waals surface area (Å²) in [5.41, 5.74) is 1.25. The van der Waals surface area contributed by atoms with Gasteiger partial charge in [-0.25, -0.2) is 8.42 Å². The molecule has 0 radical (unpaired) electrons. The monoisotopic (exact) mass is 394 g/mol. The maximum atomic E-state index is 13.2. The van der Waals surface area contributed by atoms with Crippen LogP contribution in [0.5, 0.6) is 0 Å². The lowest BCUT2D eigenvalue weighted by atomic mass is 10.1. The van der Waals surface area contributed by atoms with Crippen molar-refractivity contribution >= 4 is 33.2 Å². The Morgan fingerprint density at radius 3 is 2.46 bits per heavy atom. The highest BCUT2D eigenvalue weighted by atomic mass is 35.5. The third-order valence-electron chi connectivity index (χ3n) is 4.24. The van der Waals surface area contributed by atoms with E-state index in [0.717, 1.165) is 4.31 Å². The average Bonchev–Trinajstić information content (AvgIpc) is 2.73. The van der Waals surface area contributed by atoms with Gasteiger partial charge in [-0.2, -0.15) is 4.31 Å². The smallest absolute Gasteiger partial charge is 0.246 e. The predicted molar refractivity (Wildman–Crippen MR) is 99.6 cm³/mol. The summed E-state index contributed by atoms with van der Waals surface area (Å²) in [5, 5.41) is 0.433. The van der Waals surface area contributed by atoms with Crippen LogP contribution in [0.15, 0.2) is 53.4 Å². The summed E-state index contributed by atoms with van der Waals surface area (Å²) in [6.07, 6.45) is -0.897. The van der Waals surface area contributed by atoms with Crippen LogP contribution in [0.1, 0.15) is 18.7 Å². The lowest BCUT2D eigenvalue weighted by Gasteiger charge is -2.28. The van der Waals surface area contributed by atoms with Crippen molar-refractivity contribution in [3.63, 3.8) is 0 Å². The molecule has 1 aliphatic rings. The maximum Gasteiger partial charge on any atom is 0.246 e. The average molecular weight is 395 g/mol. The van der Waals surface area contributed by atoms with Crippen LogP contribution in [0.3, 0.4) is 0 Å². The van der Waals surface area contributed by atoms with Gasteiger partial charge in [0.05, 0.1) is 17.1 Å². The summed E-state index contributed by atoms with van der Waals surface area (Å²) >= 11 is 5.87. The maximum absolute atomic E-state index is 13.2. The highest BCUT2D eigenvalue weighted by Crippen LogP contribution is 2.37. The molecule has 1 amide bonds. The molecule has 1 unspecified atom stereocenters. The van der Waals surface area contributed by atoms with Crippen LogP contribution in [0.25, 0.3) is 0 Å². The number of rotatable bonds is 4. The summed E-state index contributed by atoms with van der Waals surface area (Å²) in [6, 6.07) is 13.0. The van der Waals surface area contributed by atoms with Crippen LogP contribution in [0.2, 0.25) is 5.02 Å². The molecule has 0 saturated carbocycles. The van der Waals surface area contributed by atoms with E-state index in [1.54, 1.807) is 38.2 Å². The first kappa shape index (κ1) is 18.8. The van der Waals surface area contributed by atoms with Crippen LogP contribution in [-0.2, 0) is 19.6 Å². The molecule has 0 aliphatic carbocycles. The van der Waals surface area contributed by atoms with E-state index in [0.29, 0.717) is 22.9 Å². The molecule has 0 aromatic heterocycles. The summed E-state index contributed by atoms with van der Waals surface area (Å²) in [4.78, 5) is 14.1. The molecule has 0 fully saturated rings. The Bertz CT molecular complexity index is 915. The van der Waals surface area contributed by atoms with E-state index in [-0.39, 0.29) is 17.3 Å². The minimum Gasteiger partial charge on any atom is -0.358 e. The number of benzene rings is 2. The third kappa shape index (κ3) is 3.35. The second-order valence-electron chi connectivity index (χ2n) is 5.82. The minimum absolute atomic E-state index is 0.0569. The summed E-state index contributed by atoms with van der Waals surface area (Å²) < 4.78 is 33.3. The van der Waals surface area contributed by atoms with Gasteiger partial charge in [0.15, 0.2) is 6.23 Å². The van der Waals surface area contributed by atoms with Crippen LogP contribution in [0, 0.1) is 0 Å². The molecule has 138 valence electrons. The van der Waals surface area contributed by atoms with Crippen molar-refractivity contribution in [2.75, 3.05) is 25.1 Å². The molecule has 1 atom stereocenters. The zero-order valence-electron chi connectivity index (χ0n) is 14.4. The molecule has 2 aromatic rings. The standard InChI is InChI=1S/C18H19ClN2O4S/c1-3-25-18-15-6-4-5-7-16(15)20(2)17(22)12-21(18)26(23,24)14-10-8-13(19)9-11-14/h4-11,18H,3,12H2,1-2H3. The zero-order valence-corrected chi connectivity index (χ0v) is 16.0. The normalized spacial score (nSPS) is 18.5. The van der Waals surface area contributed by atoms with Gasteiger partial charge in [0.25, 0.3) is 0 Å². The van der Waals surface area contributed by atoms with Crippen molar-refractivity contribution < 1.29 is 17.9 Å². The Morgan fingerprint density at radius 2 is 1.81 bits per heavy atom. The third-order valence-corrected chi connectivity index (χ3v) is 6.29. The first-order valence-electron chi connectivity index (χ1n) is 8.10. The summed E-state index contributed by atoms with van der Waals surface area (Å²) in [6.45, 7) is 1.76. The van der Waals surface area contributed by atoms with E-state index in [1.807, 2.05) is 0 Å². The number of amides is 1. The van der Waals surface area contributed by atoms with E-state index >= 15 is 0 Å². The highest BCUT2D eigenvalue weighted by molar-refractivity contribution is 7.89. The number of ether oxygens (including phenoxy) is 1.